The first-order valence-electron chi connectivity index (χ1n) is 9.74. The number of para-hydroxylation sites is 1. The van der Waals surface area contributed by atoms with E-state index in [9.17, 15) is 0 Å². The van der Waals surface area contributed by atoms with Crippen LogP contribution < -0.4 is 4.74 Å². The molecule has 0 bridgehead atoms. The second kappa shape index (κ2) is 7.47. The molecule has 5 aromatic rings. The number of halogens is 1. The Hall–Kier alpha value is -3.37. The minimum Gasteiger partial charge on any atom is -0.488 e. The Kier molecular flexibility index (Phi) is 4.64. The molecule has 4 nitrogen and oxygen atoms in total. The maximum atomic E-state index is 6.65. The zero-order chi connectivity index (χ0) is 20.7. The number of ether oxygens (including phenoxy) is 1. The summed E-state index contributed by atoms with van der Waals surface area (Å²) in [5.74, 6) is 1.77. The largest absolute Gasteiger partial charge is 0.488 e. The van der Waals surface area contributed by atoms with E-state index in [1.165, 1.54) is 0 Å². The molecule has 0 N–H and O–H groups in total. The Balaban J connectivity index is 1.61. The lowest BCUT2D eigenvalue weighted by Gasteiger charge is -2.12. The molecule has 2 aromatic heterocycles. The normalized spacial score (nSPS) is 11.3. The molecule has 0 atom stereocenters. The van der Waals surface area contributed by atoms with Gasteiger partial charge in [0.1, 0.15) is 23.1 Å². The van der Waals surface area contributed by atoms with Gasteiger partial charge in [-0.25, -0.2) is 9.97 Å². The van der Waals surface area contributed by atoms with E-state index in [-0.39, 0.29) is 0 Å². The molecule has 0 saturated heterocycles. The van der Waals surface area contributed by atoms with Crippen LogP contribution in [0.2, 0.25) is 5.15 Å². The van der Waals surface area contributed by atoms with E-state index in [0.717, 1.165) is 33.2 Å². The van der Waals surface area contributed by atoms with Crippen LogP contribution in [0.3, 0.4) is 0 Å². The number of fused-ring (bicyclic) bond motifs is 2. The molecule has 0 aliphatic heterocycles. The average molecular weight is 415 g/mol. The Morgan fingerprint density at radius 1 is 0.900 bits per heavy atom. The second-order valence-electron chi connectivity index (χ2n) is 7.27. The van der Waals surface area contributed by atoms with E-state index in [2.05, 4.69) is 4.98 Å². The van der Waals surface area contributed by atoms with Crippen molar-refractivity contribution in [3.05, 3.63) is 88.6 Å². The van der Waals surface area contributed by atoms with Crippen molar-refractivity contribution in [2.75, 3.05) is 0 Å². The van der Waals surface area contributed by atoms with Crippen LogP contribution in [0.15, 0.2) is 71.1 Å². The second-order valence-corrected chi connectivity index (χ2v) is 7.63. The molecule has 5 rings (SSSR count). The van der Waals surface area contributed by atoms with Gasteiger partial charge in [-0.2, -0.15) is 0 Å². The van der Waals surface area contributed by atoms with E-state index in [4.69, 9.17) is 25.7 Å². The molecule has 0 unspecified atom stereocenters. The van der Waals surface area contributed by atoms with Crippen LogP contribution in [0.1, 0.15) is 16.7 Å². The van der Waals surface area contributed by atoms with Crippen LogP contribution in [0, 0.1) is 13.8 Å². The summed E-state index contributed by atoms with van der Waals surface area (Å²) in [4.78, 5) is 9.37. The number of hydrogen-bond acceptors (Lipinski definition) is 4. The Bertz CT molecular complexity index is 1380. The summed E-state index contributed by atoms with van der Waals surface area (Å²) in [6, 6.07) is 21.8. The van der Waals surface area contributed by atoms with Crippen LogP contribution in [-0.2, 0) is 6.61 Å². The number of furan rings is 1. The highest BCUT2D eigenvalue weighted by Gasteiger charge is 2.19. The Morgan fingerprint density at radius 3 is 2.47 bits per heavy atom. The first-order chi connectivity index (χ1) is 14.6. The van der Waals surface area contributed by atoms with Gasteiger partial charge in [0, 0.05) is 10.9 Å². The SMILES string of the molecule is Cc1c(-c2nc(Cl)c3c(OCc4ccccc4)ccc(C)c3n2)oc2ccccc12. The zero-order valence-corrected chi connectivity index (χ0v) is 17.4. The maximum Gasteiger partial charge on any atom is 0.198 e. The quantitative estimate of drug-likeness (QED) is 0.300. The van der Waals surface area contributed by atoms with Crippen molar-refractivity contribution in [2.45, 2.75) is 20.5 Å². The first kappa shape index (κ1) is 18.6. The fourth-order valence-corrected chi connectivity index (χ4v) is 3.91. The van der Waals surface area contributed by atoms with Gasteiger partial charge >= 0.3 is 0 Å². The number of benzene rings is 3. The predicted octanol–water partition coefficient (Wildman–Crippen LogP) is 6.89. The van der Waals surface area contributed by atoms with Crippen molar-refractivity contribution in [1.82, 2.24) is 9.97 Å². The molecule has 2 heterocycles. The third-order valence-corrected chi connectivity index (χ3v) is 5.53. The van der Waals surface area contributed by atoms with Gasteiger partial charge in [-0.3, -0.25) is 0 Å². The van der Waals surface area contributed by atoms with Gasteiger partial charge < -0.3 is 9.15 Å². The average Bonchev–Trinajstić information content (AvgIpc) is 3.11. The number of hydrogen-bond donors (Lipinski definition) is 0. The van der Waals surface area contributed by atoms with E-state index in [1.807, 2.05) is 80.6 Å². The van der Waals surface area contributed by atoms with Gasteiger partial charge in [0.2, 0.25) is 0 Å². The Morgan fingerprint density at radius 2 is 1.67 bits per heavy atom. The molecular weight excluding hydrogens is 396 g/mol. The molecule has 0 radical (unpaired) electrons. The summed E-state index contributed by atoms with van der Waals surface area (Å²) in [7, 11) is 0. The van der Waals surface area contributed by atoms with Gasteiger partial charge in [-0.05, 0) is 37.1 Å². The van der Waals surface area contributed by atoms with E-state index < -0.39 is 0 Å². The molecule has 3 aromatic carbocycles. The van der Waals surface area contributed by atoms with Crippen LogP contribution in [0.25, 0.3) is 33.5 Å². The Labute approximate surface area is 179 Å². The van der Waals surface area contributed by atoms with Crippen molar-refractivity contribution in [2.24, 2.45) is 0 Å². The molecule has 30 heavy (non-hydrogen) atoms. The molecular formula is C25H19ClN2O2. The number of nitrogens with zero attached hydrogens (tertiary/aromatic N) is 2. The van der Waals surface area contributed by atoms with E-state index in [1.54, 1.807) is 0 Å². The smallest absolute Gasteiger partial charge is 0.198 e. The molecule has 148 valence electrons. The van der Waals surface area contributed by atoms with Crippen LogP contribution in [0.4, 0.5) is 0 Å². The lowest BCUT2D eigenvalue weighted by molar-refractivity contribution is 0.310. The summed E-state index contributed by atoms with van der Waals surface area (Å²) >= 11 is 6.65. The third kappa shape index (κ3) is 3.19. The van der Waals surface area contributed by atoms with Gasteiger partial charge in [0.25, 0.3) is 0 Å². The molecule has 0 saturated carbocycles. The summed E-state index contributed by atoms with van der Waals surface area (Å²) in [5.41, 5.74) is 4.64. The van der Waals surface area contributed by atoms with Gasteiger partial charge in [-0.1, -0.05) is 66.2 Å². The topological polar surface area (TPSA) is 48.2 Å². The van der Waals surface area contributed by atoms with Crippen molar-refractivity contribution < 1.29 is 9.15 Å². The fourth-order valence-electron chi connectivity index (χ4n) is 3.64. The van der Waals surface area contributed by atoms with Crippen molar-refractivity contribution in [3.63, 3.8) is 0 Å². The summed E-state index contributed by atoms with van der Waals surface area (Å²) in [5, 5.41) is 2.11. The summed E-state index contributed by atoms with van der Waals surface area (Å²) in [6.45, 7) is 4.45. The fraction of sp³-hybridized carbons (Fsp3) is 0.120. The lowest BCUT2D eigenvalue weighted by atomic mass is 10.1. The van der Waals surface area contributed by atoms with Crippen molar-refractivity contribution in [3.8, 4) is 17.3 Å². The zero-order valence-electron chi connectivity index (χ0n) is 16.6. The summed E-state index contributed by atoms with van der Waals surface area (Å²) < 4.78 is 12.1. The van der Waals surface area contributed by atoms with E-state index in [0.29, 0.717) is 34.5 Å². The van der Waals surface area contributed by atoms with Gasteiger partial charge in [0.05, 0.1) is 10.9 Å². The number of rotatable bonds is 4. The highest BCUT2D eigenvalue weighted by atomic mass is 35.5. The molecule has 0 aliphatic rings. The van der Waals surface area contributed by atoms with E-state index >= 15 is 0 Å². The summed E-state index contributed by atoms with van der Waals surface area (Å²) in [6.07, 6.45) is 0. The van der Waals surface area contributed by atoms with Crippen LogP contribution in [-0.4, -0.2) is 9.97 Å². The van der Waals surface area contributed by atoms with Crippen molar-refractivity contribution in [1.29, 1.82) is 0 Å². The first-order valence-corrected chi connectivity index (χ1v) is 10.1. The lowest BCUT2D eigenvalue weighted by Crippen LogP contribution is -1.99. The van der Waals surface area contributed by atoms with Gasteiger partial charge in [-0.15, -0.1) is 0 Å². The maximum absolute atomic E-state index is 6.65. The van der Waals surface area contributed by atoms with Gasteiger partial charge in [0.15, 0.2) is 11.6 Å². The third-order valence-electron chi connectivity index (χ3n) is 5.25. The van der Waals surface area contributed by atoms with Crippen LogP contribution in [0.5, 0.6) is 5.75 Å². The molecule has 0 spiro atoms. The highest BCUT2D eigenvalue weighted by molar-refractivity contribution is 6.34. The molecule has 0 aliphatic carbocycles. The monoisotopic (exact) mass is 414 g/mol. The number of aromatic nitrogens is 2. The molecule has 0 amide bonds. The highest BCUT2D eigenvalue weighted by Crippen LogP contribution is 2.37. The van der Waals surface area contributed by atoms with Crippen LogP contribution >= 0.6 is 11.6 Å². The molecule has 5 heteroatoms. The number of aryl methyl sites for hydroxylation is 2. The molecule has 0 fully saturated rings. The van der Waals surface area contributed by atoms with Crippen molar-refractivity contribution >= 4 is 33.5 Å². The minimum atomic E-state index is 0.349. The standard InChI is InChI=1S/C25H19ClN2O2/c1-15-12-13-20(29-14-17-8-4-3-5-9-17)21-22(15)27-25(28-24(21)26)23-16(2)18-10-6-7-11-19(18)30-23/h3-13H,14H2,1-2H3. The minimum absolute atomic E-state index is 0.349. The predicted molar refractivity (Wildman–Crippen MR) is 120 cm³/mol.